The molecule has 0 aromatic heterocycles. The standard InChI is InChI=1S/C18H26N4O6S/c1-28-17-14(22-8-3-6-16(22)24)4-2-5-15(17)29(26,27)20-13(10-19)18(25)21-9-7-12(23)11-21/h2,4-5,12-13,20,23H,3,6-11,19H2,1H3/t12-,13-/m0/s1. The van der Waals surface area contributed by atoms with Crippen LogP contribution >= 0.6 is 0 Å². The van der Waals surface area contributed by atoms with E-state index in [2.05, 4.69) is 4.72 Å². The molecule has 29 heavy (non-hydrogen) atoms. The number of rotatable bonds is 7. The second-order valence-corrected chi connectivity index (χ2v) is 8.78. The zero-order chi connectivity index (χ0) is 21.2. The summed E-state index contributed by atoms with van der Waals surface area (Å²) in [7, 11) is -2.85. The number of aliphatic hydroxyl groups excluding tert-OH is 1. The molecule has 0 spiro atoms. The number of para-hydroxylation sites is 1. The van der Waals surface area contributed by atoms with E-state index >= 15 is 0 Å². The van der Waals surface area contributed by atoms with E-state index in [-0.39, 0.29) is 29.6 Å². The predicted molar refractivity (Wildman–Crippen MR) is 105 cm³/mol. The summed E-state index contributed by atoms with van der Waals surface area (Å²) in [5, 5.41) is 9.63. The van der Waals surface area contributed by atoms with E-state index < -0.39 is 28.1 Å². The molecule has 2 atom stereocenters. The molecule has 2 heterocycles. The number of benzene rings is 1. The second-order valence-electron chi connectivity index (χ2n) is 7.09. The minimum absolute atomic E-state index is 0.0371. The molecule has 0 aliphatic carbocycles. The Morgan fingerprint density at radius 3 is 2.72 bits per heavy atom. The number of methoxy groups -OCH3 is 1. The number of aliphatic hydroxyl groups is 1. The van der Waals surface area contributed by atoms with Gasteiger partial charge >= 0.3 is 0 Å². The van der Waals surface area contributed by atoms with Crippen molar-refractivity contribution in [2.45, 2.75) is 36.3 Å². The fourth-order valence-corrected chi connectivity index (χ4v) is 5.04. The quantitative estimate of drug-likeness (QED) is 0.509. The Morgan fingerprint density at radius 1 is 1.41 bits per heavy atom. The zero-order valence-corrected chi connectivity index (χ0v) is 17.0. The number of nitrogens with zero attached hydrogens (tertiary/aromatic N) is 2. The molecule has 4 N–H and O–H groups in total. The molecule has 0 bridgehead atoms. The molecule has 2 saturated heterocycles. The van der Waals surface area contributed by atoms with Crippen LogP contribution in [0.5, 0.6) is 5.75 Å². The number of likely N-dealkylation sites (tertiary alicyclic amines) is 1. The summed E-state index contributed by atoms with van der Waals surface area (Å²) in [5.41, 5.74) is 6.03. The first-order valence-corrected chi connectivity index (χ1v) is 10.9. The maximum atomic E-state index is 13.0. The van der Waals surface area contributed by atoms with Crippen LogP contribution in [0.4, 0.5) is 5.69 Å². The molecule has 2 aliphatic heterocycles. The van der Waals surface area contributed by atoms with Gasteiger partial charge in [-0.1, -0.05) is 6.07 Å². The Labute approximate surface area is 169 Å². The Kier molecular flexibility index (Phi) is 6.42. The van der Waals surface area contributed by atoms with Crippen molar-refractivity contribution in [2.24, 2.45) is 5.73 Å². The lowest BCUT2D eigenvalue weighted by atomic mass is 10.2. The van der Waals surface area contributed by atoms with Crippen LogP contribution in [0.15, 0.2) is 23.1 Å². The van der Waals surface area contributed by atoms with Crippen molar-refractivity contribution in [2.75, 3.05) is 38.2 Å². The van der Waals surface area contributed by atoms with E-state index in [4.69, 9.17) is 10.5 Å². The molecule has 2 fully saturated rings. The lowest BCUT2D eigenvalue weighted by Gasteiger charge is -2.24. The van der Waals surface area contributed by atoms with Gasteiger partial charge in [-0.3, -0.25) is 9.59 Å². The molecule has 0 unspecified atom stereocenters. The van der Waals surface area contributed by atoms with E-state index in [0.717, 1.165) is 0 Å². The fraction of sp³-hybridized carbons (Fsp3) is 0.556. The number of ether oxygens (including phenoxy) is 1. The minimum atomic E-state index is -4.17. The number of hydrogen-bond acceptors (Lipinski definition) is 7. The summed E-state index contributed by atoms with van der Waals surface area (Å²) in [6, 6.07) is 3.32. The van der Waals surface area contributed by atoms with Crippen molar-refractivity contribution < 1.29 is 27.9 Å². The molecule has 11 heteroatoms. The second kappa shape index (κ2) is 8.66. The van der Waals surface area contributed by atoms with Crippen LogP contribution in [0, 0.1) is 0 Å². The Hall–Kier alpha value is -2.21. The van der Waals surface area contributed by atoms with Gasteiger partial charge in [0.2, 0.25) is 21.8 Å². The van der Waals surface area contributed by atoms with E-state index in [1.807, 2.05) is 0 Å². The summed E-state index contributed by atoms with van der Waals surface area (Å²) >= 11 is 0. The number of carbonyl (C=O) groups excluding carboxylic acids is 2. The first-order chi connectivity index (χ1) is 13.8. The van der Waals surface area contributed by atoms with Gasteiger partial charge in [0.1, 0.15) is 10.9 Å². The number of hydrogen-bond donors (Lipinski definition) is 3. The highest BCUT2D eigenvalue weighted by Crippen LogP contribution is 2.36. The van der Waals surface area contributed by atoms with Crippen molar-refractivity contribution in [1.82, 2.24) is 9.62 Å². The number of nitrogens with two attached hydrogens (primary N) is 1. The lowest BCUT2D eigenvalue weighted by Crippen LogP contribution is -2.51. The van der Waals surface area contributed by atoms with Crippen LogP contribution in [0.3, 0.4) is 0 Å². The smallest absolute Gasteiger partial charge is 0.245 e. The minimum Gasteiger partial charge on any atom is -0.493 e. The van der Waals surface area contributed by atoms with Gasteiger partial charge in [0.15, 0.2) is 5.75 Å². The molecule has 10 nitrogen and oxygen atoms in total. The molecule has 0 radical (unpaired) electrons. The normalized spacial score (nSPS) is 20.9. The Morgan fingerprint density at radius 2 is 2.17 bits per heavy atom. The topological polar surface area (TPSA) is 142 Å². The van der Waals surface area contributed by atoms with Gasteiger partial charge in [0.25, 0.3) is 0 Å². The predicted octanol–water partition coefficient (Wildman–Crippen LogP) is -0.979. The van der Waals surface area contributed by atoms with E-state index in [1.165, 1.54) is 29.0 Å². The number of sulfonamides is 1. The van der Waals surface area contributed by atoms with Gasteiger partial charge in [0.05, 0.1) is 18.9 Å². The number of anilines is 1. The van der Waals surface area contributed by atoms with Crippen molar-refractivity contribution >= 4 is 27.5 Å². The summed E-state index contributed by atoms with van der Waals surface area (Å²) in [5.74, 6) is -0.555. The number of carbonyl (C=O) groups is 2. The third kappa shape index (κ3) is 4.37. The van der Waals surface area contributed by atoms with Crippen LogP contribution in [0.2, 0.25) is 0 Å². The zero-order valence-electron chi connectivity index (χ0n) is 16.2. The number of β-amino-alcohol motifs (C(OH)–C–C–N with tert-alkyl or cyclic N) is 1. The molecular formula is C18H26N4O6S. The summed E-state index contributed by atoms with van der Waals surface area (Å²) in [4.78, 5) is 27.4. The molecule has 0 saturated carbocycles. The van der Waals surface area contributed by atoms with Crippen LogP contribution in [0.25, 0.3) is 0 Å². The van der Waals surface area contributed by atoms with E-state index in [9.17, 15) is 23.1 Å². The highest BCUT2D eigenvalue weighted by molar-refractivity contribution is 7.89. The molecule has 1 aromatic rings. The van der Waals surface area contributed by atoms with Gasteiger partial charge in [-0.2, -0.15) is 4.72 Å². The van der Waals surface area contributed by atoms with Crippen LogP contribution in [-0.4, -0.2) is 75.7 Å². The fourth-order valence-electron chi connectivity index (χ4n) is 3.65. The third-order valence-corrected chi connectivity index (χ3v) is 6.62. The highest BCUT2D eigenvalue weighted by Gasteiger charge is 2.34. The lowest BCUT2D eigenvalue weighted by molar-refractivity contribution is -0.132. The molecule has 160 valence electrons. The van der Waals surface area contributed by atoms with Gasteiger partial charge in [-0.05, 0) is 25.0 Å². The van der Waals surface area contributed by atoms with Crippen molar-refractivity contribution in [1.29, 1.82) is 0 Å². The summed E-state index contributed by atoms with van der Waals surface area (Å²) < 4.78 is 33.8. The number of amides is 2. The Balaban J connectivity index is 1.88. The van der Waals surface area contributed by atoms with Gasteiger partial charge in [-0.25, -0.2) is 8.42 Å². The van der Waals surface area contributed by atoms with Crippen molar-refractivity contribution in [3.05, 3.63) is 18.2 Å². The highest BCUT2D eigenvalue weighted by atomic mass is 32.2. The van der Waals surface area contributed by atoms with Gasteiger partial charge < -0.3 is 25.4 Å². The average molecular weight is 426 g/mol. The molecule has 1 aromatic carbocycles. The van der Waals surface area contributed by atoms with Crippen molar-refractivity contribution in [3.63, 3.8) is 0 Å². The number of nitrogens with one attached hydrogen (secondary N) is 1. The van der Waals surface area contributed by atoms with Gasteiger partial charge in [0, 0.05) is 32.6 Å². The molecule has 3 rings (SSSR count). The molecule has 2 amide bonds. The first-order valence-electron chi connectivity index (χ1n) is 9.45. The average Bonchev–Trinajstić information content (AvgIpc) is 3.33. The maximum Gasteiger partial charge on any atom is 0.245 e. The van der Waals surface area contributed by atoms with Crippen LogP contribution in [-0.2, 0) is 19.6 Å². The third-order valence-electron chi connectivity index (χ3n) is 5.12. The monoisotopic (exact) mass is 426 g/mol. The maximum absolute atomic E-state index is 13.0. The SMILES string of the molecule is COc1c(N2CCCC2=O)cccc1S(=O)(=O)N[C@@H](CN)C(=O)N1CC[C@H](O)C1. The van der Waals surface area contributed by atoms with E-state index in [0.29, 0.717) is 38.0 Å². The molecule has 2 aliphatic rings. The largest absolute Gasteiger partial charge is 0.493 e. The van der Waals surface area contributed by atoms with Gasteiger partial charge in [-0.15, -0.1) is 0 Å². The van der Waals surface area contributed by atoms with E-state index in [1.54, 1.807) is 6.07 Å². The Bertz CT molecular complexity index is 890. The van der Waals surface area contributed by atoms with Crippen LogP contribution in [0.1, 0.15) is 19.3 Å². The molecular weight excluding hydrogens is 400 g/mol. The summed E-state index contributed by atoms with van der Waals surface area (Å²) in [6.07, 6.45) is 0.894. The van der Waals surface area contributed by atoms with Crippen molar-refractivity contribution in [3.8, 4) is 5.75 Å². The summed E-state index contributed by atoms with van der Waals surface area (Å²) in [6.45, 7) is 0.728. The first kappa shape index (κ1) is 21.5. The van der Waals surface area contributed by atoms with Crippen LogP contribution < -0.4 is 20.1 Å².